The van der Waals surface area contributed by atoms with E-state index < -0.39 is 10.0 Å². The molecule has 1 aromatic heterocycles. The summed E-state index contributed by atoms with van der Waals surface area (Å²) in [5.74, 6) is 0.547. The molecule has 0 saturated carbocycles. The number of hydrogen-bond acceptors (Lipinski definition) is 6. The predicted molar refractivity (Wildman–Crippen MR) is 141 cm³/mol. The fourth-order valence-electron chi connectivity index (χ4n) is 3.91. The lowest BCUT2D eigenvalue weighted by molar-refractivity contribution is 0.0744. The van der Waals surface area contributed by atoms with E-state index >= 15 is 0 Å². The molecule has 1 heterocycles. The number of aromatic nitrogens is 1. The minimum absolute atomic E-state index is 0.146. The van der Waals surface area contributed by atoms with Crippen molar-refractivity contribution in [2.24, 2.45) is 5.92 Å². The number of nitrogens with zero attached hydrogens (tertiary/aromatic N) is 2. The van der Waals surface area contributed by atoms with Gasteiger partial charge in [0, 0.05) is 22.7 Å². The molecule has 2 aromatic carbocycles. The monoisotopic (exact) mass is 564 g/mol. The van der Waals surface area contributed by atoms with E-state index in [0.717, 1.165) is 26.3 Å². The Morgan fingerprint density at radius 2 is 1.83 bits per heavy atom. The van der Waals surface area contributed by atoms with Gasteiger partial charge in [0.1, 0.15) is 6.73 Å². The highest BCUT2D eigenvalue weighted by molar-refractivity contribution is 9.10. The van der Waals surface area contributed by atoms with Crippen LogP contribution in [-0.4, -0.2) is 40.6 Å². The minimum atomic E-state index is -4.09. The molecule has 35 heavy (non-hydrogen) atoms. The molecule has 0 aliphatic heterocycles. The summed E-state index contributed by atoms with van der Waals surface area (Å²) >= 11 is 3.56. The molecule has 0 unspecified atom stereocenters. The SMILES string of the molecule is COCCOCN(c1onc(C)c1C)S(=O)(=O)c1c(C)cccc1-c1ccc(Br)cc1CC(C)C. The lowest BCUT2D eigenvalue weighted by atomic mass is 9.93. The largest absolute Gasteiger partial charge is 0.382 e. The van der Waals surface area contributed by atoms with Crippen molar-refractivity contribution in [3.8, 4) is 11.1 Å². The van der Waals surface area contributed by atoms with Crippen LogP contribution in [0, 0.1) is 26.7 Å². The molecule has 3 aromatic rings. The summed E-state index contributed by atoms with van der Waals surface area (Å²) in [6, 6.07) is 11.5. The summed E-state index contributed by atoms with van der Waals surface area (Å²) in [7, 11) is -2.53. The third-order valence-corrected chi connectivity index (χ3v) is 8.15. The summed E-state index contributed by atoms with van der Waals surface area (Å²) < 4.78 is 46.9. The van der Waals surface area contributed by atoms with Gasteiger partial charge in [0.15, 0.2) is 0 Å². The predicted octanol–water partition coefficient (Wildman–Crippen LogP) is 6.04. The molecule has 0 amide bonds. The van der Waals surface area contributed by atoms with Crippen LogP contribution >= 0.6 is 15.9 Å². The number of ether oxygens (including phenoxy) is 2. The van der Waals surface area contributed by atoms with Crippen LogP contribution in [0.5, 0.6) is 0 Å². The van der Waals surface area contributed by atoms with Crippen molar-refractivity contribution in [2.75, 3.05) is 31.4 Å². The average Bonchev–Trinajstić information content (AvgIpc) is 3.11. The van der Waals surface area contributed by atoms with Crippen molar-refractivity contribution < 1.29 is 22.4 Å². The first-order valence-corrected chi connectivity index (χ1v) is 13.7. The number of rotatable bonds is 11. The van der Waals surface area contributed by atoms with Crippen molar-refractivity contribution in [3.05, 3.63) is 63.3 Å². The highest BCUT2D eigenvalue weighted by atomic mass is 79.9. The molecule has 0 bridgehead atoms. The normalized spacial score (nSPS) is 11.9. The number of anilines is 1. The van der Waals surface area contributed by atoms with Gasteiger partial charge in [-0.05, 0) is 61.9 Å². The fraction of sp³-hybridized carbons (Fsp3) is 0.423. The third-order valence-electron chi connectivity index (χ3n) is 5.75. The van der Waals surface area contributed by atoms with E-state index in [1.54, 1.807) is 33.9 Å². The first-order valence-electron chi connectivity index (χ1n) is 11.5. The van der Waals surface area contributed by atoms with Crippen LogP contribution in [0.25, 0.3) is 11.1 Å². The van der Waals surface area contributed by atoms with Gasteiger partial charge in [-0.3, -0.25) is 0 Å². The van der Waals surface area contributed by atoms with Crippen LogP contribution in [0.15, 0.2) is 50.3 Å². The maximum Gasteiger partial charge on any atom is 0.269 e. The maximum absolute atomic E-state index is 14.3. The summed E-state index contributed by atoms with van der Waals surface area (Å²) in [5, 5.41) is 3.98. The lowest BCUT2D eigenvalue weighted by Gasteiger charge is -2.25. The molecule has 0 aliphatic rings. The van der Waals surface area contributed by atoms with Crippen LogP contribution in [0.1, 0.15) is 36.2 Å². The Kier molecular flexibility index (Phi) is 9.15. The van der Waals surface area contributed by atoms with E-state index in [-0.39, 0.29) is 24.1 Å². The quantitative estimate of drug-likeness (QED) is 0.208. The van der Waals surface area contributed by atoms with Crippen LogP contribution in [0.2, 0.25) is 0 Å². The molecule has 0 aliphatic carbocycles. The molecule has 0 fully saturated rings. The van der Waals surface area contributed by atoms with Crippen molar-refractivity contribution in [1.82, 2.24) is 5.16 Å². The Labute approximate surface area is 216 Å². The highest BCUT2D eigenvalue weighted by Gasteiger charge is 2.34. The van der Waals surface area contributed by atoms with E-state index in [1.165, 1.54) is 0 Å². The Balaban J connectivity index is 2.20. The topological polar surface area (TPSA) is 81.9 Å². The molecule has 3 rings (SSSR count). The highest BCUT2D eigenvalue weighted by Crippen LogP contribution is 2.38. The smallest absolute Gasteiger partial charge is 0.269 e. The number of halogens is 1. The Morgan fingerprint density at radius 3 is 2.46 bits per heavy atom. The molecule has 0 atom stereocenters. The van der Waals surface area contributed by atoms with Gasteiger partial charge in [-0.1, -0.05) is 59.2 Å². The molecular formula is C26H33BrN2O5S. The summed E-state index contributed by atoms with van der Waals surface area (Å²) in [6.45, 7) is 10.0. The first-order chi connectivity index (χ1) is 16.6. The van der Waals surface area contributed by atoms with E-state index in [1.807, 2.05) is 24.3 Å². The zero-order valence-corrected chi connectivity index (χ0v) is 23.5. The minimum Gasteiger partial charge on any atom is -0.382 e. The Morgan fingerprint density at radius 1 is 1.09 bits per heavy atom. The van der Waals surface area contributed by atoms with E-state index in [0.29, 0.717) is 34.9 Å². The van der Waals surface area contributed by atoms with Crippen molar-refractivity contribution >= 4 is 31.8 Å². The first kappa shape index (κ1) is 27.4. The molecule has 9 heteroatoms. The summed E-state index contributed by atoms with van der Waals surface area (Å²) in [6.07, 6.45) is 0.812. The van der Waals surface area contributed by atoms with Gasteiger partial charge < -0.3 is 14.0 Å². The van der Waals surface area contributed by atoms with Gasteiger partial charge in [0.2, 0.25) is 5.88 Å². The number of benzene rings is 2. The number of sulfonamides is 1. The van der Waals surface area contributed by atoms with Gasteiger partial charge >= 0.3 is 0 Å². The van der Waals surface area contributed by atoms with Crippen molar-refractivity contribution in [2.45, 2.75) is 45.9 Å². The van der Waals surface area contributed by atoms with Gasteiger partial charge in [0.05, 0.1) is 23.8 Å². The summed E-state index contributed by atoms with van der Waals surface area (Å²) in [5.41, 5.74) is 4.50. The third kappa shape index (κ3) is 6.14. The van der Waals surface area contributed by atoms with Crippen molar-refractivity contribution in [1.29, 1.82) is 0 Å². The zero-order chi connectivity index (χ0) is 25.8. The number of methoxy groups -OCH3 is 1. The van der Waals surface area contributed by atoms with E-state index in [2.05, 4.69) is 41.0 Å². The van der Waals surface area contributed by atoms with Crippen LogP contribution in [0.3, 0.4) is 0 Å². The Hall–Kier alpha value is -2.20. The lowest BCUT2D eigenvalue weighted by Crippen LogP contribution is -2.35. The second kappa shape index (κ2) is 11.7. The van der Waals surface area contributed by atoms with Gasteiger partial charge in [-0.25, -0.2) is 12.7 Å². The van der Waals surface area contributed by atoms with E-state index in [4.69, 9.17) is 14.0 Å². The molecular weight excluding hydrogens is 532 g/mol. The molecule has 190 valence electrons. The zero-order valence-electron chi connectivity index (χ0n) is 21.1. The van der Waals surface area contributed by atoms with Crippen molar-refractivity contribution in [3.63, 3.8) is 0 Å². The second-order valence-corrected chi connectivity index (χ2v) is 11.6. The molecule has 0 saturated heterocycles. The van der Waals surface area contributed by atoms with Gasteiger partial charge in [-0.15, -0.1) is 0 Å². The molecule has 7 nitrogen and oxygen atoms in total. The van der Waals surface area contributed by atoms with Crippen LogP contribution in [-0.2, 0) is 25.9 Å². The van der Waals surface area contributed by atoms with E-state index in [9.17, 15) is 8.42 Å². The van der Waals surface area contributed by atoms with Crippen LogP contribution in [0.4, 0.5) is 5.88 Å². The Bertz CT molecular complexity index is 1270. The molecule has 0 radical (unpaired) electrons. The molecule has 0 spiro atoms. The maximum atomic E-state index is 14.3. The number of aryl methyl sites for hydroxylation is 2. The standard InChI is InChI=1S/C26H33BrN2O5S/c1-17(2)14-21-15-22(27)10-11-23(21)24-9-7-8-18(3)25(24)35(30,31)29(16-33-13-12-32-6)26-19(4)20(5)28-34-26/h7-11,15,17H,12-14,16H2,1-6H3. The second-order valence-electron chi connectivity index (χ2n) is 8.93. The summed E-state index contributed by atoms with van der Waals surface area (Å²) in [4.78, 5) is 0.219. The number of hydrogen-bond donors (Lipinski definition) is 0. The average molecular weight is 566 g/mol. The molecule has 0 N–H and O–H groups in total. The van der Waals surface area contributed by atoms with Gasteiger partial charge in [-0.2, -0.15) is 0 Å². The van der Waals surface area contributed by atoms with Gasteiger partial charge in [0.25, 0.3) is 10.0 Å². The van der Waals surface area contributed by atoms with Crippen LogP contribution < -0.4 is 4.31 Å². The fourth-order valence-corrected chi connectivity index (χ4v) is 6.08.